The molecule has 0 aliphatic rings. The van der Waals surface area contributed by atoms with Crippen molar-refractivity contribution < 1.29 is 44.8 Å². The van der Waals surface area contributed by atoms with Crippen molar-refractivity contribution in [3.63, 3.8) is 0 Å². The molecule has 0 saturated carbocycles. The van der Waals surface area contributed by atoms with Gasteiger partial charge in [0.15, 0.2) is 0 Å². The molecule has 0 N–H and O–H groups in total. The van der Waals surface area contributed by atoms with Gasteiger partial charge in [-0.15, -0.1) is 0 Å². The van der Waals surface area contributed by atoms with Crippen LogP contribution >= 0.6 is 0 Å². The van der Waals surface area contributed by atoms with Crippen LogP contribution in [0.25, 0.3) is 0 Å². The van der Waals surface area contributed by atoms with Crippen molar-refractivity contribution in [3.8, 4) is 0 Å². The molecular weight excluding hydrogens is 594 g/mol. The summed E-state index contributed by atoms with van der Waals surface area (Å²) in [4.78, 5) is 0. The first kappa shape index (κ1) is 36.4. The molecule has 0 aliphatic heterocycles. The maximum atomic E-state index is 1.50. The summed E-state index contributed by atoms with van der Waals surface area (Å²) in [5.74, 6) is 0. The number of hydrogen-bond acceptors (Lipinski definition) is 0. The quantitative estimate of drug-likeness (QED) is 0.288. The van der Waals surface area contributed by atoms with Gasteiger partial charge in [-0.1, -0.05) is 0 Å². The molecule has 0 aromatic rings. The van der Waals surface area contributed by atoms with E-state index >= 15 is 0 Å². The summed E-state index contributed by atoms with van der Waals surface area (Å²) >= 11 is 3.00. The molecule has 0 heterocycles. The van der Waals surface area contributed by atoms with Crippen LogP contribution in [0.2, 0.25) is 0 Å². The van der Waals surface area contributed by atoms with Crippen LogP contribution in [0.4, 0.5) is 0 Å². The van der Waals surface area contributed by atoms with Gasteiger partial charge in [0.1, 0.15) is 0 Å². The molecule has 0 saturated heterocycles. The third-order valence-electron chi connectivity index (χ3n) is 0. The summed E-state index contributed by atoms with van der Waals surface area (Å²) in [6.07, 6.45) is 0. The first-order chi connectivity index (χ1) is 1.00. The Kier molecular flexibility index (Phi) is 193. The van der Waals surface area contributed by atoms with E-state index in [4.69, 9.17) is 0 Å². The topological polar surface area (TPSA) is 0 Å². The molecule has 0 aliphatic carbocycles. The fourth-order valence-electron chi connectivity index (χ4n) is 0. The van der Waals surface area contributed by atoms with Gasteiger partial charge in [0, 0.05) is 158 Å². The van der Waals surface area contributed by atoms with E-state index in [1.807, 2.05) is 0 Å². The second-order valence-corrected chi connectivity index (χ2v) is 0. The minimum atomic E-state index is 0. The molecule has 0 bridgehead atoms. The van der Waals surface area contributed by atoms with Crippen LogP contribution in [0.5, 0.6) is 0 Å². The third kappa shape index (κ3) is 31.6. The van der Waals surface area contributed by atoms with Gasteiger partial charge in [0.2, 0.25) is 0 Å². The van der Waals surface area contributed by atoms with E-state index in [-0.39, 0.29) is 158 Å². The second kappa shape index (κ2) is 37.2. The van der Waals surface area contributed by atoms with Crippen molar-refractivity contribution in [2.24, 2.45) is 0 Å². The maximum absolute atomic E-state index is 1.50. The van der Waals surface area contributed by atoms with Gasteiger partial charge in [-0.2, -0.15) is 0 Å². The third-order valence-corrected chi connectivity index (χ3v) is 0. The average Bonchev–Trinajstić information content (AvgIpc) is 1.00. The molecule has 0 aromatic heterocycles. The molecule has 0 nitrogen and oxygen atoms in total. The molecule has 0 fully saturated rings. The predicted octanol–water partition coefficient (Wildman–Crippen LogP) is -1.91. The molecule has 0 amide bonds. The molecule has 0 rings (SSSR count). The Bertz CT molecular complexity index is 6.04. The molecule has 32 valence electrons. The normalized spacial score (nSPS) is 0.286. The summed E-state index contributed by atoms with van der Waals surface area (Å²) in [6, 6.07) is 0. The molecule has 0 atom stereocenters. The fraction of sp³-hybridized carbons (Fsp3) is 0. The zero-order valence-corrected chi connectivity index (χ0v) is 19.5. The monoisotopic (exact) mass is 594 g/mol. The van der Waals surface area contributed by atoms with E-state index in [9.17, 15) is 0 Å². The number of hydrogen-bond donors (Lipinski definition) is 0. The first-order valence-corrected chi connectivity index (χ1v) is 8.50. The standard InChI is InChI=1S/2Au.5Ca. The summed E-state index contributed by atoms with van der Waals surface area (Å²) < 4.78 is 0. The predicted molar refractivity (Wildman–Crippen MR) is 28.8 cm³/mol. The Labute approximate surface area is 202 Å². The van der Waals surface area contributed by atoms with E-state index in [1.54, 1.807) is 0 Å². The summed E-state index contributed by atoms with van der Waals surface area (Å²) in [6.45, 7) is 0. The number of rotatable bonds is 0. The van der Waals surface area contributed by atoms with Gasteiger partial charge in [-0.3, -0.25) is 0 Å². The van der Waals surface area contributed by atoms with Gasteiger partial charge in [-0.05, 0) is 0 Å². The first-order valence-electron chi connectivity index (χ1n) is 0.500. The minimum absolute atomic E-state index is 0. The molecule has 0 aromatic carbocycles. The zero-order chi connectivity index (χ0) is 2.00. The SMILES string of the molecule is [Au].[Au].[Ca].[Ca].[Ca].[Ca][Ca]. The molecule has 10 radical (unpaired) electrons. The van der Waals surface area contributed by atoms with Gasteiger partial charge in [0.25, 0.3) is 0 Å². The molecule has 7 heteroatoms. The fourth-order valence-corrected chi connectivity index (χ4v) is 0. The van der Waals surface area contributed by atoms with E-state index in [1.165, 1.54) is 51.9 Å². The van der Waals surface area contributed by atoms with Crippen molar-refractivity contribution >= 4 is 165 Å². The Morgan fingerprint density at radius 2 is 0.571 bits per heavy atom. The molecule has 0 unspecified atom stereocenters. The summed E-state index contributed by atoms with van der Waals surface area (Å²) in [5, 5.41) is 0. The van der Waals surface area contributed by atoms with Crippen LogP contribution in [0.3, 0.4) is 0 Å². The zero-order valence-electron chi connectivity index (χ0n) is 4.14. The molecular formula is Au2Ca5. The van der Waals surface area contributed by atoms with Crippen molar-refractivity contribution in [2.75, 3.05) is 0 Å². The Balaban J connectivity index is -0.000000000500. The summed E-state index contributed by atoms with van der Waals surface area (Å²) in [5.41, 5.74) is 0. The van der Waals surface area contributed by atoms with Crippen molar-refractivity contribution in [2.45, 2.75) is 0 Å². The van der Waals surface area contributed by atoms with Gasteiger partial charge in [0.05, 0.1) is 0 Å². The van der Waals surface area contributed by atoms with E-state index in [0.29, 0.717) is 0 Å². The second-order valence-electron chi connectivity index (χ2n) is 0. The average molecular weight is 594 g/mol. The van der Waals surface area contributed by atoms with Crippen LogP contribution in [0, 0.1) is 0 Å². The Morgan fingerprint density at radius 1 is 0.571 bits per heavy atom. The van der Waals surface area contributed by atoms with E-state index < -0.39 is 0 Å². The van der Waals surface area contributed by atoms with E-state index in [0.717, 1.165) is 0 Å². The Hall–Kier alpha value is 7.78. The van der Waals surface area contributed by atoms with Crippen LogP contribution in [-0.2, 0) is 44.8 Å². The van der Waals surface area contributed by atoms with Crippen LogP contribution in [0.1, 0.15) is 0 Å². The van der Waals surface area contributed by atoms with Gasteiger partial charge < -0.3 is 0 Å². The van der Waals surface area contributed by atoms with E-state index in [2.05, 4.69) is 0 Å². The van der Waals surface area contributed by atoms with Crippen LogP contribution in [0.15, 0.2) is 0 Å². The van der Waals surface area contributed by atoms with Gasteiger partial charge >= 0.3 is 51.9 Å². The molecule has 7 heavy (non-hydrogen) atoms. The van der Waals surface area contributed by atoms with Crippen molar-refractivity contribution in [3.05, 3.63) is 0 Å². The molecule has 0 spiro atoms. The Morgan fingerprint density at radius 3 is 0.571 bits per heavy atom. The van der Waals surface area contributed by atoms with Gasteiger partial charge in [-0.25, -0.2) is 0 Å². The van der Waals surface area contributed by atoms with Crippen molar-refractivity contribution in [1.29, 1.82) is 0 Å². The van der Waals surface area contributed by atoms with Crippen LogP contribution < -0.4 is 0 Å². The summed E-state index contributed by atoms with van der Waals surface area (Å²) in [7, 11) is 0. The van der Waals surface area contributed by atoms with Crippen LogP contribution in [-0.4, -0.2) is 165 Å². The van der Waals surface area contributed by atoms with Crippen molar-refractivity contribution in [1.82, 2.24) is 0 Å².